The van der Waals surface area contributed by atoms with E-state index in [1.165, 1.54) is 83.5 Å². The molecule has 26 heavy (non-hydrogen) atoms. The third-order valence-corrected chi connectivity index (χ3v) is 5.35. The van der Waals surface area contributed by atoms with Gasteiger partial charge in [0, 0.05) is 22.8 Å². The van der Waals surface area contributed by atoms with Crippen molar-refractivity contribution in [1.82, 2.24) is 0 Å². The summed E-state index contributed by atoms with van der Waals surface area (Å²) >= 11 is 3.41. The number of aromatic hydroxyl groups is 1. The van der Waals surface area contributed by atoms with Crippen LogP contribution >= 0.6 is 15.9 Å². The molecule has 1 rings (SSSR count). The highest BCUT2D eigenvalue weighted by molar-refractivity contribution is 9.10. The molecular formula is C23H38BrNO. The van der Waals surface area contributed by atoms with Crippen molar-refractivity contribution in [3.63, 3.8) is 0 Å². The van der Waals surface area contributed by atoms with Gasteiger partial charge in [-0.1, -0.05) is 106 Å². The van der Waals surface area contributed by atoms with Crippen molar-refractivity contribution in [3.05, 3.63) is 28.2 Å². The molecule has 1 N–H and O–H groups in total. The number of phenolic OH excluding ortho intramolecular Hbond substituents is 1. The smallest absolute Gasteiger partial charge is 0.124 e. The molecule has 2 nitrogen and oxygen atoms in total. The lowest BCUT2D eigenvalue weighted by Gasteiger charge is -2.03. The molecule has 0 aromatic heterocycles. The standard InChI is InChI=1S/C23H38BrNO/c1-2-3-4-5-6-7-8-9-10-11-12-13-14-15-18-25-20-21-19-22(24)16-17-23(21)26/h16-17,19-20,26H,2-15,18H2,1H3. The third-order valence-electron chi connectivity index (χ3n) is 4.86. The number of hydrogen-bond acceptors (Lipinski definition) is 2. The molecule has 3 heteroatoms. The average Bonchev–Trinajstić information content (AvgIpc) is 2.64. The van der Waals surface area contributed by atoms with E-state index in [0.717, 1.165) is 23.0 Å². The Morgan fingerprint density at radius 3 is 1.85 bits per heavy atom. The molecule has 1 aromatic carbocycles. The number of unbranched alkanes of at least 4 members (excludes halogenated alkanes) is 13. The summed E-state index contributed by atoms with van der Waals surface area (Å²) in [5, 5.41) is 9.75. The van der Waals surface area contributed by atoms with Gasteiger partial charge in [-0.05, 0) is 24.6 Å². The Kier molecular flexibility index (Phi) is 14.6. The van der Waals surface area contributed by atoms with E-state index in [-0.39, 0.29) is 5.75 Å². The second-order valence-electron chi connectivity index (χ2n) is 7.33. The number of aliphatic imine (C=N–C) groups is 1. The van der Waals surface area contributed by atoms with E-state index < -0.39 is 0 Å². The lowest BCUT2D eigenvalue weighted by atomic mass is 10.0. The SMILES string of the molecule is CCCCCCCCCCCCCCCCN=Cc1cc(Br)ccc1O. The van der Waals surface area contributed by atoms with Crippen molar-refractivity contribution < 1.29 is 5.11 Å². The van der Waals surface area contributed by atoms with Gasteiger partial charge in [-0.15, -0.1) is 0 Å². The average molecular weight is 424 g/mol. The molecule has 0 radical (unpaired) electrons. The summed E-state index contributed by atoms with van der Waals surface area (Å²) in [6.45, 7) is 3.13. The van der Waals surface area contributed by atoms with Crippen molar-refractivity contribution >= 4 is 22.1 Å². The van der Waals surface area contributed by atoms with Crippen molar-refractivity contribution in [2.45, 2.75) is 96.8 Å². The molecule has 0 aliphatic rings. The van der Waals surface area contributed by atoms with Crippen molar-refractivity contribution in [3.8, 4) is 5.75 Å². The molecule has 0 saturated heterocycles. The fourth-order valence-electron chi connectivity index (χ4n) is 3.19. The first kappa shape index (κ1) is 23.2. The maximum atomic E-state index is 9.75. The lowest BCUT2D eigenvalue weighted by Crippen LogP contribution is -1.87. The molecule has 0 heterocycles. The molecule has 0 saturated carbocycles. The highest BCUT2D eigenvalue weighted by Gasteiger charge is 1.98. The van der Waals surface area contributed by atoms with E-state index >= 15 is 0 Å². The van der Waals surface area contributed by atoms with Gasteiger partial charge in [0.05, 0.1) is 0 Å². The first-order chi connectivity index (χ1) is 12.7. The summed E-state index contributed by atoms with van der Waals surface area (Å²) in [6, 6.07) is 5.42. The summed E-state index contributed by atoms with van der Waals surface area (Å²) in [4.78, 5) is 4.43. The van der Waals surface area contributed by atoms with Gasteiger partial charge in [0.1, 0.15) is 5.75 Å². The fraction of sp³-hybridized carbons (Fsp3) is 0.696. The molecule has 0 atom stereocenters. The van der Waals surface area contributed by atoms with E-state index in [9.17, 15) is 5.11 Å². The van der Waals surface area contributed by atoms with Gasteiger partial charge in [-0.2, -0.15) is 0 Å². The molecule has 0 fully saturated rings. The predicted octanol–water partition coefficient (Wildman–Crippen LogP) is 8.05. The van der Waals surface area contributed by atoms with Crippen LogP contribution in [0.25, 0.3) is 0 Å². The van der Waals surface area contributed by atoms with Crippen LogP contribution in [-0.4, -0.2) is 17.9 Å². The summed E-state index contributed by atoms with van der Waals surface area (Å²) in [5.41, 5.74) is 0.782. The number of phenols is 1. The first-order valence-electron chi connectivity index (χ1n) is 10.7. The van der Waals surface area contributed by atoms with Crippen LogP contribution in [-0.2, 0) is 0 Å². The van der Waals surface area contributed by atoms with Crippen LogP contribution in [0.2, 0.25) is 0 Å². The van der Waals surface area contributed by atoms with Crippen molar-refractivity contribution in [2.75, 3.05) is 6.54 Å². The Morgan fingerprint density at radius 2 is 1.31 bits per heavy atom. The zero-order chi connectivity index (χ0) is 18.9. The van der Waals surface area contributed by atoms with Crippen LogP contribution in [0.1, 0.15) is 102 Å². The van der Waals surface area contributed by atoms with Crippen LogP contribution in [0.15, 0.2) is 27.7 Å². The summed E-state index contributed by atoms with van der Waals surface area (Å²) in [5.74, 6) is 0.290. The predicted molar refractivity (Wildman–Crippen MR) is 119 cm³/mol. The van der Waals surface area contributed by atoms with Crippen molar-refractivity contribution in [2.24, 2.45) is 4.99 Å². The molecule has 0 aliphatic carbocycles. The second-order valence-corrected chi connectivity index (χ2v) is 8.25. The van der Waals surface area contributed by atoms with Crippen molar-refractivity contribution in [1.29, 1.82) is 0 Å². The normalized spacial score (nSPS) is 11.5. The lowest BCUT2D eigenvalue weighted by molar-refractivity contribution is 0.474. The van der Waals surface area contributed by atoms with Gasteiger partial charge in [-0.25, -0.2) is 0 Å². The quantitative estimate of drug-likeness (QED) is 0.211. The molecule has 0 unspecified atom stereocenters. The number of nitrogens with zero attached hydrogens (tertiary/aromatic N) is 1. The van der Waals surface area contributed by atoms with Gasteiger partial charge in [0.15, 0.2) is 0 Å². The molecule has 0 spiro atoms. The fourth-order valence-corrected chi connectivity index (χ4v) is 3.57. The summed E-state index contributed by atoms with van der Waals surface area (Å²) in [6.07, 6.45) is 21.1. The van der Waals surface area contributed by atoms with Crippen LogP contribution in [0.3, 0.4) is 0 Å². The zero-order valence-electron chi connectivity index (χ0n) is 16.7. The Bertz CT molecular complexity index is 487. The molecule has 0 bridgehead atoms. The topological polar surface area (TPSA) is 32.6 Å². The van der Waals surface area contributed by atoms with E-state index in [0.29, 0.717) is 0 Å². The minimum Gasteiger partial charge on any atom is -0.507 e. The minimum absolute atomic E-state index is 0.290. The van der Waals surface area contributed by atoms with E-state index in [2.05, 4.69) is 27.8 Å². The summed E-state index contributed by atoms with van der Waals surface area (Å²) in [7, 11) is 0. The number of hydrogen-bond donors (Lipinski definition) is 1. The Labute approximate surface area is 169 Å². The maximum Gasteiger partial charge on any atom is 0.124 e. The molecule has 0 amide bonds. The van der Waals surface area contributed by atoms with Crippen LogP contribution < -0.4 is 0 Å². The van der Waals surface area contributed by atoms with Crippen LogP contribution in [0.5, 0.6) is 5.75 Å². The monoisotopic (exact) mass is 423 g/mol. The highest BCUT2D eigenvalue weighted by atomic mass is 79.9. The number of benzene rings is 1. The summed E-state index contributed by atoms with van der Waals surface area (Å²) < 4.78 is 0.966. The van der Waals surface area contributed by atoms with E-state index in [1.54, 1.807) is 12.3 Å². The van der Waals surface area contributed by atoms with Gasteiger partial charge >= 0.3 is 0 Å². The van der Waals surface area contributed by atoms with Gasteiger partial charge < -0.3 is 5.11 Å². The highest BCUT2D eigenvalue weighted by Crippen LogP contribution is 2.20. The molecule has 148 valence electrons. The Morgan fingerprint density at radius 1 is 0.808 bits per heavy atom. The third kappa shape index (κ3) is 12.5. The van der Waals surface area contributed by atoms with Crippen LogP contribution in [0, 0.1) is 0 Å². The molecule has 0 aliphatic heterocycles. The second kappa shape index (κ2) is 16.4. The Hall–Kier alpha value is -0.830. The number of halogens is 1. The van der Waals surface area contributed by atoms with Gasteiger partial charge in [0.2, 0.25) is 0 Å². The maximum absolute atomic E-state index is 9.75. The minimum atomic E-state index is 0.290. The first-order valence-corrected chi connectivity index (χ1v) is 11.5. The molecular weight excluding hydrogens is 386 g/mol. The number of rotatable bonds is 16. The van der Waals surface area contributed by atoms with E-state index in [1.807, 2.05) is 12.1 Å². The largest absolute Gasteiger partial charge is 0.507 e. The zero-order valence-corrected chi connectivity index (χ0v) is 18.3. The van der Waals surface area contributed by atoms with Gasteiger partial charge in [-0.3, -0.25) is 4.99 Å². The van der Waals surface area contributed by atoms with Gasteiger partial charge in [0.25, 0.3) is 0 Å². The molecule has 1 aromatic rings. The Balaban J connectivity index is 1.86. The van der Waals surface area contributed by atoms with E-state index in [4.69, 9.17) is 0 Å². The van der Waals surface area contributed by atoms with Crippen LogP contribution in [0.4, 0.5) is 0 Å².